The van der Waals surface area contributed by atoms with Gasteiger partial charge in [-0.05, 0) is 36.4 Å². The molecule has 0 amide bonds. The molecule has 0 unspecified atom stereocenters. The Bertz CT molecular complexity index is 1390. The highest BCUT2D eigenvalue weighted by molar-refractivity contribution is 6.10. The summed E-state index contributed by atoms with van der Waals surface area (Å²) in [5, 5.41) is 4.74. The molecular formula is C23H14N2O. The van der Waals surface area contributed by atoms with Crippen molar-refractivity contribution >= 4 is 43.7 Å². The SMILES string of the molecule is c1ccc2c(c1)c1ccccc1n2-c1ccc2oc3cnccc3c2c1. The molecule has 0 saturated heterocycles. The van der Waals surface area contributed by atoms with E-state index in [2.05, 4.69) is 70.2 Å². The van der Waals surface area contributed by atoms with Crippen LogP contribution in [0.5, 0.6) is 0 Å². The monoisotopic (exact) mass is 334 g/mol. The van der Waals surface area contributed by atoms with Gasteiger partial charge in [-0.2, -0.15) is 0 Å². The van der Waals surface area contributed by atoms with E-state index >= 15 is 0 Å². The van der Waals surface area contributed by atoms with Crippen LogP contribution in [0.3, 0.4) is 0 Å². The Labute approximate surface area is 149 Å². The van der Waals surface area contributed by atoms with Crippen molar-refractivity contribution in [3.05, 3.63) is 85.2 Å². The summed E-state index contributed by atoms with van der Waals surface area (Å²) in [6.45, 7) is 0. The quantitative estimate of drug-likeness (QED) is 0.365. The normalized spacial score (nSPS) is 11.8. The summed E-state index contributed by atoms with van der Waals surface area (Å²) in [6.07, 6.45) is 3.58. The Balaban J connectivity index is 1.76. The minimum atomic E-state index is 0.821. The number of rotatable bonds is 1. The first-order valence-electron chi connectivity index (χ1n) is 8.65. The zero-order valence-corrected chi connectivity index (χ0v) is 13.9. The molecule has 3 aromatic carbocycles. The van der Waals surface area contributed by atoms with Gasteiger partial charge in [-0.3, -0.25) is 4.98 Å². The van der Waals surface area contributed by atoms with Crippen LogP contribution in [0.1, 0.15) is 0 Å². The van der Waals surface area contributed by atoms with E-state index in [9.17, 15) is 0 Å². The number of pyridine rings is 1. The largest absolute Gasteiger partial charge is 0.454 e. The van der Waals surface area contributed by atoms with Crippen LogP contribution in [-0.2, 0) is 0 Å². The third kappa shape index (κ3) is 1.74. The summed E-state index contributed by atoms with van der Waals surface area (Å²) in [5.74, 6) is 0. The number of benzene rings is 3. The van der Waals surface area contributed by atoms with E-state index in [-0.39, 0.29) is 0 Å². The van der Waals surface area contributed by atoms with Crippen molar-refractivity contribution in [3.8, 4) is 5.69 Å². The van der Waals surface area contributed by atoms with E-state index in [0.29, 0.717) is 0 Å². The van der Waals surface area contributed by atoms with Crippen molar-refractivity contribution in [2.45, 2.75) is 0 Å². The van der Waals surface area contributed by atoms with E-state index in [1.54, 1.807) is 6.20 Å². The average molecular weight is 334 g/mol. The molecule has 0 fully saturated rings. The molecular weight excluding hydrogens is 320 g/mol. The van der Waals surface area contributed by atoms with Gasteiger partial charge in [0.05, 0.1) is 17.2 Å². The summed E-state index contributed by atoms with van der Waals surface area (Å²) >= 11 is 0. The predicted octanol–water partition coefficient (Wildman–Crippen LogP) is 6.08. The summed E-state index contributed by atoms with van der Waals surface area (Å²) in [6, 6.07) is 25.5. The van der Waals surface area contributed by atoms with E-state index in [0.717, 1.165) is 27.6 Å². The molecule has 3 aromatic heterocycles. The Kier molecular flexibility index (Phi) is 2.61. The van der Waals surface area contributed by atoms with Gasteiger partial charge < -0.3 is 8.98 Å². The van der Waals surface area contributed by atoms with Gasteiger partial charge in [0.15, 0.2) is 5.58 Å². The van der Waals surface area contributed by atoms with E-state index in [1.807, 2.05) is 18.3 Å². The van der Waals surface area contributed by atoms with Gasteiger partial charge >= 0.3 is 0 Å². The maximum Gasteiger partial charge on any atom is 0.153 e. The van der Waals surface area contributed by atoms with Gasteiger partial charge in [0.25, 0.3) is 0 Å². The maximum atomic E-state index is 5.93. The van der Waals surface area contributed by atoms with Crippen LogP contribution < -0.4 is 0 Å². The first-order valence-corrected chi connectivity index (χ1v) is 8.65. The fourth-order valence-corrected chi connectivity index (χ4v) is 3.96. The smallest absolute Gasteiger partial charge is 0.153 e. The molecule has 6 rings (SSSR count). The molecule has 0 saturated carbocycles. The molecule has 0 N–H and O–H groups in total. The van der Waals surface area contributed by atoms with Crippen molar-refractivity contribution in [2.24, 2.45) is 0 Å². The van der Waals surface area contributed by atoms with Crippen LogP contribution in [0.4, 0.5) is 0 Å². The van der Waals surface area contributed by atoms with Crippen LogP contribution in [0.15, 0.2) is 89.6 Å². The molecule has 0 aliphatic carbocycles. The number of furan rings is 1. The topological polar surface area (TPSA) is 31.0 Å². The van der Waals surface area contributed by atoms with Gasteiger partial charge in [-0.25, -0.2) is 0 Å². The maximum absolute atomic E-state index is 5.93. The Hall–Kier alpha value is -3.59. The lowest BCUT2D eigenvalue weighted by Gasteiger charge is -2.07. The second-order valence-corrected chi connectivity index (χ2v) is 6.52. The molecule has 3 heteroatoms. The first-order chi connectivity index (χ1) is 12.9. The number of fused-ring (bicyclic) bond motifs is 6. The first kappa shape index (κ1) is 13.7. The van der Waals surface area contributed by atoms with Gasteiger partial charge in [-0.1, -0.05) is 36.4 Å². The molecule has 26 heavy (non-hydrogen) atoms. The molecule has 0 aliphatic heterocycles. The summed E-state index contributed by atoms with van der Waals surface area (Å²) in [5.41, 5.74) is 5.26. The zero-order chi connectivity index (χ0) is 17.1. The van der Waals surface area contributed by atoms with Crippen molar-refractivity contribution in [2.75, 3.05) is 0 Å². The number of hydrogen-bond donors (Lipinski definition) is 0. The third-order valence-electron chi connectivity index (χ3n) is 5.10. The van der Waals surface area contributed by atoms with E-state index in [4.69, 9.17) is 4.42 Å². The van der Waals surface area contributed by atoms with Crippen LogP contribution in [0.25, 0.3) is 49.4 Å². The zero-order valence-electron chi connectivity index (χ0n) is 13.9. The summed E-state index contributed by atoms with van der Waals surface area (Å²) < 4.78 is 8.25. The van der Waals surface area contributed by atoms with E-state index in [1.165, 1.54) is 21.8 Å². The van der Waals surface area contributed by atoms with Crippen molar-refractivity contribution < 1.29 is 4.42 Å². The lowest BCUT2D eigenvalue weighted by atomic mass is 10.1. The molecule has 3 nitrogen and oxygen atoms in total. The Morgan fingerprint density at radius 1 is 0.654 bits per heavy atom. The number of hydrogen-bond acceptors (Lipinski definition) is 2. The fraction of sp³-hybridized carbons (Fsp3) is 0. The van der Waals surface area contributed by atoms with Crippen LogP contribution in [0, 0.1) is 0 Å². The van der Waals surface area contributed by atoms with Crippen molar-refractivity contribution in [1.82, 2.24) is 9.55 Å². The van der Waals surface area contributed by atoms with Gasteiger partial charge in [-0.15, -0.1) is 0 Å². The lowest BCUT2D eigenvalue weighted by molar-refractivity contribution is 0.667. The van der Waals surface area contributed by atoms with Crippen LogP contribution >= 0.6 is 0 Å². The van der Waals surface area contributed by atoms with Gasteiger partial charge in [0.1, 0.15) is 5.58 Å². The Morgan fingerprint density at radius 3 is 2.15 bits per heavy atom. The number of aromatic nitrogens is 2. The van der Waals surface area contributed by atoms with Crippen LogP contribution in [0.2, 0.25) is 0 Å². The lowest BCUT2D eigenvalue weighted by Crippen LogP contribution is -1.93. The van der Waals surface area contributed by atoms with Gasteiger partial charge in [0, 0.05) is 33.4 Å². The highest BCUT2D eigenvalue weighted by Crippen LogP contribution is 2.34. The summed E-state index contributed by atoms with van der Waals surface area (Å²) in [7, 11) is 0. The molecule has 122 valence electrons. The van der Waals surface area contributed by atoms with Crippen LogP contribution in [-0.4, -0.2) is 9.55 Å². The number of para-hydroxylation sites is 2. The highest BCUT2D eigenvalue weighted by atomic mass is 16.3. The minimum absolute atomic E-state index is 0.821. The number of nitrogens with zero attached hydrogens (tertiary/aromatic N) is 2. The molecule has 6 aromatic rings. The fourth-order valence-electron chi connectivity index (χ4n) is 3.96. The molecule has 0 aliphatic rings. The highest BCUT2D eigenvalue weighted by Gasteiger charge is 2.13. The standard InChI is InChI=1S/C23H14N2O/c1-3-7-20-16(5-1)17-6-2-4-8-21(17)25(20)15-9-10-22-19(13-15)18-11-12-24-14-23(18)26-22/h1-14H. The van der Waals surface area contributed by atoms with Crippen molar-refractivity contribution in [3.63, 3.8) is 0 Å². The molecule has 0 radical (unpaired) electrons. The Morgan fingerprint density at radius 2 is 1.38 bits per heavy atom. The van der Waals surface area contributed by atoms with Gasteiger partial charge in [0.2, 0.25) is 0 Å². The molecule has 3 heterocycles. The average Bonchev–Trinajstić information content (AvgIpc) is 3.23. The molecule has 0 atom stereocenters. The third-order valence-corrected chi connectivity index (χ3v) is 5.10. The second kappa shape index (κ2) is 4.96. The predicted molar refractivity (Wildman–Crippen MR) is 106 cm³/mol. The minimum Gasteiger partial charge on any atom is -0.454 e. The molecule has 0 bridgehead atoms. The van der Waals surface area contributed by atoms with E-state index < -0.39 is 0 Å². The second-order valence-electron chi connectivity index (χ2n) is 6.52. The van der Waals surface area contributed by atoms with Crippen molar-refractivity contribution in [1.29, 1.82) is 0 Å². The summed E-state index contributed by atoms with van der Waals surface area (Å²) in [4.78, 5) is 4.16. The molecule has 0 spiro atoms.